The maximum Gasteiger partial charge on any atom is 0.162 e. The topological polar surface area (TPSA) is 30.2 Å². The van der Waals surface area contributed by atoms with Crippen molar-refractivity contribution in [1.29, 1.82) is 0 Å². The highest BCUT2D eigenvalue weighted by molar-refractivity contribution is 7.25. The summed E-state index contributed by atoms with van der Waals surface area (Å²) in [5, 5.41) is 12.3. The van der Waals surface area contributed by atoms with Crippen LogP contribution < -0.4 is 0 Å². The number of aromatic nitrogens is 3. The van der Waals surface area contributed by atoms with Gasteiger partial charge in [-0.05, 0) is 45.8 Å². The minimum atomic E-state index is 0.757. The number of benzene rings is 7. The molecule has 0 bridgehead atoms. The van der Waals surface area contributed by atoms with E-state index in [1.54, 1.807) is 11.3 Å². The third kappa shape index (κ3) is 3.16. The molecule has 0 aliphatic heterocycles. The molecule has 0 saturated heterocycles. The van der Waals surface area contributed by atoms with E-state index in [0.717, 1.165) is 32.9 Å². The predicted octanol–water partition coefficient (Wildman–Crippen LogP) is 11.6. The number of rotatable bonds is 2. The Balaban J connectivity index is 1.30. The van der Waals surface area contributed by atoms with Crippen LogP contribution in [0.25, 0.3) is 103 Å². The van der Waals surface area contributed by atoms with E-state index in [1.165, 1.54) is 69.7 Å². The van der Waals surface area contributed by atoms with Gasteiger partial charge in [0, 0.05) is 48.1 Å². The highest BCUT2D eigenvalue weighted by atomic mass is 32.1. The zero-order chi connectivity index (χ0) is 29.9. The quantitative estimate of drug-likeness (QED) is 0.146. The Bertz CT molecular complexity index is 3010. The fraction of sp³-hybridized carbons (Fsp3) is 0. The van der Waals surface area contributed by atoms with Gasteiger partial charge in [0.15, 0.2) is 5.82 Å². The summed E-state index contributed by atoms with van der Waals surface area (Å²) in [6.45, 7) is 0. The number of hydrogen-bond acceptors (Lipinski definition) is 3. The van der Waals surface area contributed by atoms with Crippen LogP contribution in [0.15, 0.2) is 140 Å². The highest BCUT2D eigenvalue weighted by Gasteiger charge is 2.23. The Labute approximate surface area is 266 Å². The van der Waals surface area contributed by atoms with Gasteiger partial charge >= 0.3 is 0 Å². The lowest BCUT2D eigenvalue weighted by Crippen LogP contribution is -1.94. The van der Waals surface area contributed by atoms with Gasteiger partial charge < -0.3 is 4.40 Å². The van der Waals surface area contributed by atoms with Gasteiger partial charge in [-0.25, -0.2) is 9.97 Å². The second-order valence-electron chi connectivity index (χ2n) is 12.2. The van der Waals surface area contributed by atoms with Crippen molar-refractivity contribution in [3.63, 3.8) is 0 Å². The van der Waals surface area contributed by atoms with E-state index in [9.17, 15) is 0 Å². The zero-order valence-corrected chi connectivity index (χ0v) is 25.3. The average Bonchev–Trinajstić information content (AvgIpc) is 3.66. The van der Waals surface area contributed by atoms with Gasteiger partial charge in [0.05, 0.1) is 22.2 Å². The van der Waals surface area contributed by atoms with Gasteiger partial charge in [0.1, 0.15) is 4.83 Å². The molecule has 4 aromatic heterocycles. The molecular weight excluding hydrogens is 579 g/mol. The normalized spacial score (nSPS) is 12.3. The lowest BCUT2D eigenvalue weighted by molar-refractivity contribution is 1.25. The second-order valence-corrected chi connectivity index (χ2v) is 13.2. The van der Waals surface area contributed by atoms with E-state index >= 15 is 0 Å². The molecule has 0 aliphatic carbocycles. The lowest BCUT2D eigenvalue weighted by atomic mass is 9.98. The highest BCUT2D eigenvalue weighted by Crippen LogP contribution is 2.45. The van der Waals surface area contributed by atoms with Crippen molar-refractivity contribution in [2.24, 2.45) is 0 Å². The largest absolute Gasteiger partial charge is 0.308 e. The first-order valence-corrected chi connectivity index (χ1v) is 16.4. The zero-order valence-electron chi connectivity index (χ0n) is 24.5. The predicted molar refractivity (Wildman–Crippen MR) is 195 cm³/mol. The summed E-state index contributed by atoms with van der Waals surface area (Å²) >= 11 is 1.76. The number of hydrogen-bond donors (Lipinski definition) is 0. The summed E-state index contributed by atoms with van der Waals surface area (Å²) < 4.78 is 3.69. The molecule has 0 atom stereocenters. The summed E-state index contributed by atoms with van der Waals surface area (Å²) in [6, 6.07) is 50.4. The van der Waals surface area contributed by atoms with Crippen LogP contribution in [0.2, 0.25) is 0 Å². The molecule has 0 fully saturated rings. The first kappa shape index (κ1) is 24.5. The summed E-state index contributed by atoms with van der Waals surface area (Å²) in [5.74, 6) is 0.757. The molecule has 11 aromatic rings. The van der Waals surface area contributed by atoms with Gasteiger partial charge in [0.2, 0.25) is 0 Å². The van der Waals surface area contributed by atoms with Crippen LogP contribution in [0.5, 0.6) is 0 Å². The Kier molecular flexibility index (Phi) is 4.72. The second kappa shape index (κ2) is 8.87. The molecule has 46 heavy (non-hydrogen) atoms. The molecule has 0 amide bonds. The van der Waals surface area contributed by atoms with Crippen molar-refractivity contribution >= 4 is 91.3 Å². The van der Waals surface area contributed by atoms with Crippen LogP contribution in [0, 0.1) is 0 Å². The van der Waals surface area contributed by atoms with Gasteiger partial charge in [-0.15, -0.1) is 11.3 Å². The number of para-hydroxylation sites is 1. The van der Waals surface area contributed by atoms with Crippen LogP contribution in [0.1, 0.15) is 0 Å². The monoisotopic (exact) mass is 601 g/mol. The molecule has 3 nitrogen and oxygen atoms in total. The SMILES string of the molecule is c1ccc(-c2nc(-c3cccc4c3c3ccc5cccc6c7ccccc7n4c3c56)nc3sc4cc5ccccc5cc4c23)cc1. The molecule has 0 spiro atoms. The van der Waals surface area contributed by atoms with Crippen LogP contribution in [-0.2, 0) is 0 Å². The van der Waals surface area contributed by atoms with Crippen molar-refractivity contribution in [3.05, 3.63) is 140 Å². The first-order chi connectivity index (χ1) is 22.8. The van der Waals surface area contributed by atoms with Gasteiger partial charge in [-0.3, -0.25) is 0 Å². The van der Waals surface area contributed by atoms with Crippen LogP contribution >= 0.6 is 11.3 Å². The molecule has 7 aromatic carbocycles. The minimum absolute atomic E-state index is 0.757. The van der Waals surface area contributed by atoms with E-state index in [1.807, 2.05) is 0 Å². The molecule has 212 valence electrons. The molecule has 4 heteroatoms. The number of thiophene rings is 1. The van der Waals surface area contributed by atoms with Crippen molar-refractivity contribution in [2.45, 2.75) is 0 Å². The van der Waals surface area contributed by atoms with Crippen LogP contribution in [-0.4, -0.2) is 14.4 Å². The third-order valence-corrected chi connectivity index (χ3v) is 10.8. The van der Waals surface area contributed by atoms with Crippen molar-refractivity contribution in [2.75, 3.05) is 0 Å². The number of nitrogens with zero attached hydrogens (tertiary/aromatic N) is 3. The maximum absolute atomic E-state index is 5.44. The van der Waals surface area contributed by atoms with Gasteiger partial charge in [-0.1, -0.05) is 115 Å². The molecule has 0 N–H and O–H groups in total. The molecule has 4 heterocycles. The van der Waals surface area contributed by atoms with Crippen LogP contribution in [0.4, 0.5) is 0 Å². The molecule has 0 aliphatic rings. The van der Waals surface area contributed by atoms with E-state index < -0.39 is 0 Å². The number of fused-ring (bicyclic) bond motifs is 10. The molecule has 0 unspecified atom stereocenters. The maximum atomic E-state index is 5.44. The smallest absolute Gasteiger partial charge is 0.162 e. The standard InChI is InChI=1S/C42H23N3S/c1-2-10-25(11-3-1)39-38-32-22-26-12-4-5-13-27(26)23-35(32)46-42(38)44-41(43-39)31-17-9-19-34-37(31)30-21-20-24-14-8-16-29-28-15-6-7-18-33(28)45(34)40(30)36(24)29/h1-23H. The minimum Gasteiger partial charge on any atom is -0.308 e. The molecule has 11 rings (SSSR count). The fourth-order valence-electron chi connectivity index (χ4n) is 7.77. The fourth-order valence-corrected chi connectivity index (χ4v) is 8.87. The average molecular weight is 602 g/mol. The molecular formula is C42H23N3S. The van der Waals surface area contributed by atoms with Crippen molar-refractivity contribution in [1.82, 2.24) is 14.4 Å². The van der Waals surface area contributed by atoms with E-state index in [4.69, 9.17) is 9.97 Å². The van der Waals surface area contributed by atoms with Gasteiger partial charge in [-0.2, -0.15) is 0 Å². The molecule has 0 saturated carbocycles. The summed E-state index contributed by atoms with van der Waals surface area (Å²) in [7, 11) is 0. The van der Waals surface area contributed by atoms with Gasteiger partial charge in [0.25, 0.3) is 0 Å². The lowest BCUT2D eigenvalue weighted by Gasteiger charge is -2.12. The van der Waals surface area contributed by atoms with Crippen molar-refractivity contribution in [3.8, 4) is 22.6 Å². The van der Waals surface area contributed by atoms with Crippen LogP contribution in [0.3, 0.4) is 0 Å². The Morgan fingerprint density at radius 1 is 0.478 bits per heavy atom. The Hall–Kier alpha value is -5.84. The molecule has 0 radical (unpaired) electrons. The summed E-state index contributed by atoms with van der Waals surface area (Å²) in [5.41, 5.74) is 6.77. The van der Waals surface area contributed by atoms with E-state index in [0.29, 0.717) is 0 Å². The summed E-state index contributed by atoms with van der Waals surface area (Å²) in [6.07, 6.45) is 0. The van der Waals surface area contributed by atoms with E-state index in [-0.39, 0.29) is 0 Å². The summed E-state index contributed by atoms with van der Waals surface area (Å²) in [4.78, 5) is 11.8. The third-order valence-electron chi connectivity index (χ3n) is 9.72. The number of pyridine rings is 1. The Morgan fingerprint density at radius 3 is 2.13 bits per heavy atom. The van der Waals surface area contributed by atoms with E-state index in [2.05, 4.69) is 144 Å². The van der Waals surface area contributed by atoms with Crippen molar-refractivity contribution < 1.29 is 0 Å². The first-order valence-electron chi connectivity index (χ1n) is 15.6. The Morgan fingerprint density at radius 2 is 1.22 bits per heavy atom.